The van der Waals surface area contributed by atoms with Gasteiger partial charge >= 0.3 is 0 Å². The molecular formula is C8H10O4S. The number of hydrogen-bond donors (Lipinski definition) is 1. The number of methoxy groups -OCH3 is 1. The highest BCUT2D eigenvalue weighted by Crippen LogP contribution is 2.20. The van der Waals surface area contributed by atoms with Crippen molar-refractivity contribution in [2.45, 2.75) is 11.8 Å². The van der Waals surface area contributed by atoms with Crippen LogP contribution in [0.3, 0.4) is 0 Å². The van der Waals surface area contributed by atoms with Crippen molar-refractivity contribution in [3.05, 3.63) is 23.8 Å². The van der Waals surface area contributed by atoms with E-state index in [1.807, 2.05) is 0 Å². The molecule has 0 aliphatic carbocycles. The fourth-order valence-electron chi connectivity index (χ4n) is 1.01. The minimum atomic E-state index is -4.11. The predicted molar refractivity (Wildman–Crippen MR) is 47.5 cm³/mol. The molecule has 0 fully saturated rings. The molecule has 0 spiro atoms. The minimum Gasteiger partial charge on any atom is -0.496 e. The van der Waals surface area contributed by atoms with E-state index >= 15 is 0 Å². The summed E-state index contributed by atoms with van der Waals surface area (Å²) in [5, 5.41) is 0. The average molecular weight is 202 g/mol. The van der Waals surface area contributed by atoms with E-state index in [2.05, 4.69) is 0 Å². The monoisotopic (exact) mass is 202 g/mol. The second kappa shape index (κ2) is 3.35. The van der Waals surface area contributed by atoms with Crippen molar-refractivity contribution < 1.29 is 17.7 Å². The summed E-state index contributed by atoms with van der Waals surface area (Å²) in [6, 6.07) is 4.15. The third-order valence-corrected chi connectivity index (χ3v) is 2.51. The van der Waals surface area contributed by atoms with Gasteiger partial charge in [0.25, 0.3) is 10.1 Å². The van der Waals surface area contributed by atoms with Gasteiger partial charge in [-0.1, -0.05) is 0 Å². The lowest BCUT2D eigenvalue weighted by atomic mass is 10.2. The fourth-order valence-corrected chi connectivity index (χ4v) is 1.58. The zero-order valence-electron chi connectivity index (χ0n) is 7.31. The average Bonchev–Trinajstić information content (AvgIpc) is 2.02. The van der Waals surface area contributed by atoms with Crippen LogP contribution in [0, 0.1) is 6.92 Å². The second-order valence-electron chi connectivity index (χ2n) is 2.61. The summed E-state index contributed by atoms with van der Waals surface area (Å²) in [5.41, 5.74) is 0.664. The molecule has 0 aliphatic rings. The molecular weight excluding hydrogens is 192 g/mol. The molecule has 0 atom stereocenters. The van der Waals surface area contributed by atoms with Gasteiger partial charge < -0.3 is 4.74 Å². The van der Waals surface area contributed by atoms with Crippen LogP contribution in [0.25, 0.3) is 0 Å². The Morgan fingerprint density at radius 2 is 2.00 bits per heavy atom. The van der Waals surface area contributed by atoms with E-state index in [-0.39, 0.29) is 4.90 Å². The summed E-state index contributed by atoms with van der Waals surface area (Å²) in [7, 11) is -2.61. The summed E-state index contributed by atoms with van der Waals surface area (Å²) in [6.45, 7) is 1.70. The summed E-state index contributed by atoms with van der Waals surface area (Å²) >= 11 is 0. The molecule has 72 valence electrons. The van der Waals surface area contributed by atoms with Gasteiger partial charge in [-0.15, -0.1) is 0 Å². The normalized spacial score (nSPS) is 11.3. The molecule has 0 heterocycles. The van der Waals surface area contributed by atoms with Crippen molar-refractivity contribution in [3.63, 3.8) is 0 Å². The Balaban J connectivity index is 3.26. The molecule has 4 nitrogen and oxygen atoms in total. The van der Waals surface area contributed by atoms with Crippen LogP contribution in [0.2, 0.25) is 0 Å². The molecule has 1 aromatic carbocycles. The van der Waals surface area contributed by atoms with Gasteiger partial charge in [0.05, 0.1) is 12.0 Å². The minimum absolute atomic E-state index is 0.120. The zero-order chi connectivity index (χ0) is 10.1. The molecule has 1 rings (SSSR count). The Kier molecular flexibility index (Phi) is 2.58. The predicted octanol–water partition coefficient (Wildman–Crippen LogP) is 1.25. The Hall–Kier alpha value is -1.07. The number of aryl methyl sites for hydroxylation is 1. The topological polar surface area (TPSA) is 63.6 Å². The van der Waals surface area contributed by atoms with Gasteiger partial charge in [0.1, 0.15) is 5.75 Å². The van der Waals surface area contributed by atoms with Gasteiger partial charge in [-0.3, -0.25) is 4.55 Å². The van der Waals surface area contributed by atoms with Crippen molar-refractivity contribution in [2.24, 2.45) is 0 Å². The maximum Gasteiger partial charge on any atom is 0.294 e. The highest BCUT2D eigenvalue weighted by molar-refractivity contribution is 7.85. The van der Waals surface area contributed by atoms with Gasteiger partial charge in [-0.2, -0.15) is 8.42 Å². The van der Waals surface area contributed by atoms with Crippen molar-refractivity contribution in [1.82, 2.24) is 0 Å². The third-order valence-electron chi connectivity index (χ3n) is 1.66. The van der Waals surface area contributed by atoms with Crippen LogP contribution >= 0.6 is 0 Å². The van der Waals surface area contributed by atoms with Crippen LogP contribution in [0.15, 0.2) is 23.1 Å². The molecule has 0 bridgehead atoms. The van der Waals surface area contributed by atoms with Gasteiger partial charge in [-0.05, 0) is 30.7 Å². The maximum absolute atomic E-state index is 10.7. The quantitative estimate of drug-likeness (QED) is 0.733. The van der Waals surface area contributed by atoms with Gasteiger partial charge in [-0.25, -0.2) is 0 Å². The van der Waals surface area contributed by atoms with Gasteiger partial charge in [0.2, 0.25) is 0 Å². The maximum atomic E-state index is 10.7. The number of benzene rings is 1. The first kappa shape index (κ1) is 10.0. The lowest BCUT2D eigenvalue weighted by Gasteiger charge is -2.04. The second-order valence-corrected chi connectivity index (χ2v) is 4.03. The first-order valence-electron chi connectivity index (χ1n) is 3.57. The number of rotatable bonds is 2. The van der Waals surface area contributed by atoms with Crippen molar-refractivity contribution in [3.8, 4) is 5.75 Å². The summed E-state index contributed by atoms with van der Waals surface area (Å²) in [6.07, 6.45) is 0. The standard InChI is InChI=1S/C8H10O4S/c1-6-5-7(13(9,10)11)3-4-8(6)12-2/h3-5H,1-2H3,(H,9,10,11). The Morgan fingerprint density at radius 3 is 2.38 bits per heavy atom. The van der Waals surface area contributed by atoms with E-state index in [0.717, 1.165) is 0 Å². The van der Waals surface area contributed by atoms with Gasteiger partial charge in [0, 0.05) is 0 Å². The zero-order valence-corrected chi connectivity index (χ0v) is 8.13. The van der Waals surface area contributed by atoms with Crippen molar-refractivity contribution in [2.75, 3.05) is 7.11 Å². The van der Waals surface area contributed by atoms with Crippen LogP contribution in [-0.4, -0.2) is 20.1 Å². The smallest absolute Gasteiger partial charge is 0.294 e. The lowest BCUT2D eigenvalue weighted by molar-refractivity contribution is 0.411. The molecule has 0 saturated heterocycles. The molecule has 0 amide bonds. The lowest BCUT2D eigenvalue weighted by Crippen LogP contribution is -1.98. The molecule has 0 unspecified atom stereocenters. The van der Waals surface area contributed by atoms with Crippen LogP contribution in [0.1, 0.15) is 5.56 Å². The molecule has 0 saturated carbocycles. The van der Waals surface area contributed by atoms with E-state index < -0.39 is 10.1 Å². The van der Waals surface area contributed by atoms with E-state index in [0.29, 0.717) is 11.3 Å². The van der Waals surface area contributed by atoms with Crippen molar-refractivity contribution in [1.29, 1.82) is 0 Å². The molecule has 13 heavy (non-hydrogen) atoms. The molecule has 1 N–H and O–H groups in total. The first-order valence-corrected chi connectivity index (χ1v) is 5.01. The molecule has 0 aromatic heterocycles. The van der Waals surface area contributed by atoms with Gasteiger partial charge in [0.15, 0.2) is 0 Å². The van der Waals surface area contributed by atoms with Crippen LogP contribution in [-0.2, 0) is 10.1 Å². The van der Waals surface area contributed by atoms with Crippen LogP contribution < -0.4 is 4.74 Å². The summed E-state index contributed by atoms with van der Waals surface area (Å²) in [5.74, 6) is 0.590. The van der Waals surface area contributed by atoms with E-state index in [1.54, 1.807) is 6.92 Å². The third kappa shape index (κ3) is 2.19. The molecule has 1 aromatic rings. The SMILES string of the molecule is COc1ccc(S(=O)(=O)O)cc1C. The van der Waals surface area contributed by atoms with E-state index in [1.165, 1.54) is 25.3 Å². The fraction of sp³-hybridized carbons (Fsp3) is 0.250. The highest BCUT2D eigenvalue weighted by Gasteiger charge is 2.10. The number of hydrogen-bond acceptors (Lipinski definition) is 3. The summed E-state index contributed by atoms with van der Waals surface area (Å²) < 4.78 is 35.0. The van der Waals surface area contributed by atoms with Crippen LogP contribution in [0.5, 0.6) is 5.75 Å². The first-order chi connectivity index (χ1) is 5.95. The Morgan fingerprint density at radius 1 is 1.38 bits per heavy atom. The highest BCUT2D eigenvalue weighted by atomic mass is 32.2. The molecule has 0 radical (unpaired) electrons. The van der Waals surface area contributed by atoms with Crippen molar-refractivity contribution >= 4 is 10.1 Å². The largest absolute Gasteiger partial charge is 0.496 e. The Bertz CT molecular complexity index is 408. The molecule has 5 heteroatoms. The van der Waals surface area contributed by atoms with E-state index in [4.69, 9.17) is 9.29 Å². The Labute approximate surface area is 76.9 Å². The molecule has 0 aliphatic heterocycles. The van der Waals surface area contributed by atoms with E-state index in [9.17, 15) is 8.42 Å². The van der Waals surface area contributed by atoms with Crippen LogP contribution in [0.4, 0.5) is 0 Å². The number of ether oxygens (including phenoxy) is 1. The summed E-state index contributed by atoms with van der Waals surface area (Å²) in [4.78, 5) is -0.120.